The largest absolute Gasteiger partial charge is 0.490 e. The molecule has 2 aliphatic rings. The van der Waals surface area contributed by atoms with E-state index in [4.69, 9.17) is 27.9 Å². The minimum absolute atomic E-state index is 0.117. The van der Waals surface area contributed by atoms with Gasteiger partial charge in [-0.2, -0.15) is 0 Å². The van der Waals surface area contributed by atoms with Crippen LogP contribution in [0.1, 0.15) is 49.3 Å². The Labute approximate surface area is 199 Å². The molecule has 5 nitrogen and oxygen atoms in total. The molecule has 0 bridgehead atoms. The monoisotopic (exact) mass is 476 g/mol. The van der Waals surface area contributed by atoms with Crippen molar-refractivity contribution in [2.24, 2.45) is 0 Å². The molecule has 2 heterocycles. The van der Waals surface area contributed by atoms with Gasteiger partial charge >= 0.3 is 5.97 Å². The highest BCUT2D eigenvalue weighted by Crippen LogP contribution is 2.31. The van der Waals surface area contributed by atoms with Crippen LogP contribution in [0.25, 0.3) is 0 Å². The van der Waals surface area contributed by atoms with E-state index in [9.17, 15) is 9.90 Å². The first-order chi connectivity index (χ1) is 15.5. The average Bonchev–Trinajstić information content (AvgIpc) is 2.78. The average molecular weight is 477 g/mol. The predicted molar refractivity (Wildman–Crippen MR) is 128 cm³/mol. The minimum atomic E-state index is -0.750. The van der Waals surface area contributed by atoms with Gasteiger partial charge in [0.15, 0.2) is 0 Å². The lowest BCUT2D eigenvalue weighted by atomic mass is 9.94. The number of piperidine rings is 2. The van der Waals surface area contributed by atoms with Crippen molar-refractivity contribution >= 4 is 29.2 Å². The molecule has 0 amide bonds. The molecule has 2 aromatic rings. The lowest BCUT2D eigenvalue weighted by molar-refractivity contribution is -0.139. The van der Waals surface area contributed by atoms with Crippen LogP contribution >= 0.6 is 23.2 Å². The summed E-state index contributed by atoms with van der Waals surface area (Å²) in [6.07, 6.45) is 5.40. The van der Waals surface area contributed by atoms with Crippen molar-refractivity contribution in [3.63, 3.8) is 0 Å². The van der Waals surface area contributed by atoms with E-state index in [0.717, 1.165) is 64.0 Å². The van der Waals surface area contributed by atoms with Crippen LogP contribution in [0.5, 0.6) is 5.75 Å². The number of hydrogen-bond donors (Lipinski definition) is 1. The van der Waals surface area contributed by atoms with Crippen LogP contribution < -0.4 is 4.74 Å². The Morgan fingerprint density at radius 3 is 2.41 bits per heavy atom. The van der Waals surface area contributed by atoms with E-state index in [2.05, 4.69) is 34.1 Å². The summed E-state index contributed by atoms with van der Waals surface area (Å²) in [7, 11) is 0. The molecule has 7 heteroatoms. The van der Waals surface area contributed by atoms with E-state index < -0.39 is 5.97 Å². The molecule has 32 heavy (non-hydrogen) atoms. The van der Waals surface area contributed by atoms with E-state index in [-0.39, 0.29) is 18.7 Å². The number of carboxylic acids is 1. The zero-order valence-corrected chi connectivity index (χ0v) is 19.7. The number of carboxylic acid groups (broad SMARTS) is 1. The first kappa shape index (κ1) is 23.4. The Kier molecular flexibility index (Phi) is 7.95. The summed E-state index contributed by atoms with van der Waals surface area (Å²) in [6, 6.07) is 14.4. The Bertz CT molecular complexity index is 914. The minimum Gasteiger partial charge on any atom is -0.490 e. The third kappa shape index (κ3) is 6.16. The molecule has 2 saturated heterocycles. The molecule has 1 atom stereocenters. The van der Waals surface area contributed by atoms with Gasteiger partial charge in [0.2, 0.25) is 0 Å². The molecule has 2 fully saturated rings. The van der Waals surface area contributed by atoms with Gasteiger partial charge < -0.3 is 9.84 Å². The van der Waals surface area contributed by atoms with E-state index in [1.807, 2.05) is 6.07 Å². The normalized spacial score (nSPS) is 20.9. The van der Waals surface area contributed by atoms with Crippen LogP contribution in [0, 0.1) is 0 Å². The molecule has 0 spiro atoms. The second kappa shape index (κ2) is 10.9. The number of aliphatic carboxylic acids is 1. The van der Waals surface area contributed by atoms with Gasteiger partial charge in [0.1, 0.15) is 11.9 Å². The summed E-state index contributed by atoms with van der Waals surface area (Å²) < 4.78 is 6.09. The van der Waals surface area contributed by atoms with Gasteiger partial charge in [-0.3, -0.25) is 14.6 Å². The van der Waals surface area contributed by atoms with Gasteiger partial charge in [0.05, 0.1) is 16.6 Å². The summed E-state index contributed by atoms with van der Waals surface area (Å²) in [5, 5.41) is 10.3. The van der Waals surface area contributed by atoms with Crippen LogP contribution in [-0.4, -0.2) is 53.2 Å². The Morgan fingerprint density at radius 2 is 1.72 bits per heavy atom. The number of ether oxygens (including phenoxy) is 1. The van der Waals surface area contributed by atoms with Crippen LogP contribution in [0.2, 0.25) is 10.0 Å². The second-order valence-corrected chi connectivity index (χ2v) is 9.60. The lowest BCUT2D eigenvalue weighted by Crippen LogP contribution is -2.38. The van der Waals surface area contributed by atoms with Gasteiger partial charge in [0.25, 0.3) is 0 Å². The fourth-order valence-corrected chi connectivity index (χ4v) is 5.05. The predicted octanol–water partition coefficient (Wildman–Crippen LogP) is 5.65. The molecule has 0 radical (unpaired) electrons. The van der Waals surface area contributed by atoms with Gasteiger partial charge in [-0.25, -0.2) is 0 Å². The molecule has 2 aliphatic heterocycles. The number of benzene rings is 2. The second-order valence-electron chi connectivity index (χ2n) is 8.79. The van der Waals surface area contributed by atoms with Crippen LogP contribution in [0.4, 0.5) is 0 Å². The molecular weight excluding hydrogens is 447 g/mol. The van der Waals surface area contributed by atoms with Crippen molar-refractivity contribution < 1.29 is 14.6 Å². The van der Waals surface area contributed by atoms with Gasteiger partial charge in [0, 0.05) is 31.7 Å². The van der Waals surface area contributed by atoms with E-state index >= 15 is 0 Å². The van der Waals surface area contributed by atoms with E-state index in [0.29, 0.717) is 10.0 Å². The summed E-state index contributed by atoms with van der Waals surface area (Å²) in [5.41, 5.74) is 2.52. The lowest BCUT2D eigenvalue weighted by Gasteiger charge is -2.35. The third-order valence-electron chi connectivity index (χ3n) is 6.45. The molecule has 172 valence electrons. The van der Waals surface area contributed by atoms with Crippen molar-refractivity contribution in [1.82, 2.24) is 9.80 Å². The number of carbonyl (C=O) groups is 1. The highest BCUT2D eigenvalue weighted by atomic mass is 35.5. The first-order valence-corrected chi connectivity index (χ1v) is 12.1. The SMILES string of the molecule is O=C(O)CN1CCCC[C@@H]1c1ccc(CN2CCC(Oc3ccc(Cl)c(Cl)c3)CC2)cc1. The molecule has 4 rings (SSSR count). The molecule has 0 aliphatic carbocycles. The molecule has 0 aromatic heterocycles. The fourth-order valence-electron chi connectivity index (χ4n) is 4.76. The van der Waals surface area contributed by atoms with Crippen molar-refractivity contribution in [1.29, 1.82) is 0 Å². The maximum atomic E-state index is 11.2. The van der Waals surface area contributed by atoms with E-state index in [1.165, 1.54) is 11.1 Å². The molecule has 2 aromatic carbocycles. The summed E-state index contributed by atoms with van der Waals surface area (Å²) >= 11 is 12.1. The van der Waals surface area contributed by atoms with Gasteiger partial charge in [-0.05, 0) is 55.5 Å². The highest BCUT2D eigenvalue weighted by molar-refractivity contribution is 6.42. The van der Waals surface area contributed by atoms with Crippen LogP contribution in [0.3, 0.4) is 0 Å². The number of likely N-dealkylation sites (tertiary alicyclic amines) is 2. The van der Waals surface area contributed by atoms with Gasteiger partial charge in [-0.15, -0.1) is 0 Å². The molecule has 1 N–H and O–H groups in total. The van der Waals surface area contributed by atoms with Crippen LogP contribution in [-0.2, 0) is 11.3 Å². The van der Waals surface area contributed by atoms with Gasteiger partial charge in [-0.1, -0.05) is 53.9 Å². The Hall–Kier alpha value is -1.79. The Morgan fingerprint density at radius 1 is 0.969 bits per heavy atom. The van der Waals surface area contributed by atoms with Crippen molar-refractivity contribution in [3.8, 4) is 5.75 Å². The first-order valence-electron chi connectivity index (χ1n) is 11.4. The van der Waals surface area contributed by atoms with E-state index in [1.54, 1.807) is 12.1 Å². The summed E-state index contributed by atoms with van der Waals surface area (Å²) in [4.78, 5) is 15.8. The summed E-state index contributed by atoms with van der Waals surface area (Å²) in [5.74, 6) is 0.0214. The zero-order valence-electron chi connectivity index (χ0n) is 18.2. The topological polar surface area (TPSA) is 53.0 Å². The van der Waals surface area contributed by atoms with Crippen LogP contribution in [0.15, 0.2) is 42.5 Å². The zero-order chi connectivity index (χ0) is 22.5. The number of halogens is 2. The molecule has 0 saturated carbocycles. The fraction of sp³-hybridized carbons (Fsp3) is 0.480. The standard InChI is InChI=1S/C25H30Cl2N2O3/c26-22-9-8-21(15-23(22)27)32-20-10-13-28(14-11-20)16-18-4-6-19(7-5-18)24-3-1-2-12-29(24)17-25(30)31/h4-9,15,20,24H,1-3,10-14,16-17H2,(H,30,31)/t24-/m1/s1. The third-order valence-corrected chi connectivity index (χ3v) is 7.19. The maximum Gasteiger partial charge on any atom is 0.317 e. The number of hydrogen-bond acceptors (Lipinski definition) is 4. The quantitative estimate of drug-likeness (QED) is 0.559. The molecular formula is C25H30Cl2N2O3. The van der Waals surface area contributed by atoms with Crippen molar-refractivity contribution in [3.05, 3.63) is 63.6 Å². The Balaban J connectivity index is 1.28. The number of nitrogens with zero attached hydrogens (tertiary/aromatic N) is 2. The smallest absolute Gasteiger partial charge is 0.317 e. The van der Waals surface area contributed by atoms with Crippen molar-refractivity contribution in [2.45, 2.75) is 50.8 Å². The van der Waals surface area contributed by atoms with Crippen molar-refractivity contribution in [2.75, 3.05) is 26.2 Å². The summed E-state index contributed by atoms with van der Waals surface area (Å²) in [6.45, 7) is 3.87. The maximum absolute atomic E-state index is 11.2. The molecule has 0 unspecified atom stereocenters. The number of rotatable bonds is 7. The highest BCUT2D eigenvalue weighted by Gasteiger charge is 2.26.